The SMILES string of the molecule is Cc1ccc(-n2ccnc2SCC(=O)Nc2ccc(Cl)cc2Cl)c(C)c1. The first-order valence-electron chi connectivity index (χ1n) is 7.93. The number of nitrogens with zero attached hydrogens (tertiary/aromatic N) is 2. The number of hydrogen-bond donors (Lipinski definition) is 1. The monoisotopic (exact) mass is 405 g/mol. The molecule has 1 N–H and O–H groups in total. The number of carbonyl (C=O) groups excluding carboxylic acids is 1. The molecule has 26 heavy (non-hydrogen) atoms. The Morgan fingerprint density at radius 1 is 1.19 bits per heavy atom. The predicted octanol–water partition coefficient (Wildman–Crippen LogP) is 5.53. The summed E-state index contributed by atoms with van der Waals surface area (Å²) in [7, 11) is 0. The molecule has 7 heteroatoms. The summed E-state index contributed by atoms with van der Waals surface area (Å²) in [4.78, 5) is 16.6. The van der Waals surface area contributed by atoms with Crippen LogP contribution >= 0.6 is 35.0 Å². The van der Waals surface area contributed by atoms with E-state index in [0.29, 0.717) is 15.7 Å². The van der Waals surface area contributed by atoms with Gasteiger partial charge in [-0.25, -0.2) is 4.98 Å². The van der Waals surface area contributed by atoms with Crippen molar-refractivity contribution in [1.29, 1.82) is 0 Å². The van der Waals surface area contributed by atoms with Crippen LogP contribution < -0.4 is 5.32 Å². The summed E-state index contributed by atoms with van der Waals surface area (Å²) in [6, 6.07) is 11.2. The number of amides is 1. The molecule has 2 aromatic carbocycles. The van der Waals surface area contributed by atoms with E-state index in [-0.39, 0.29) is 11.7 Å². The number of anilines is 1. The Labute approximate surface area is 166 Å². The number of thioether (sulfide) groups is 1. The second-order valence-corrected chi connectivity index (χ2v) is 7.62. The summed E-state index contributed by atoms with van der Waals surface area (Å²) in [6.07, 6.45) is 3.63. The van der Waals surface area contributed by atoms with E-state index >= 15 is 0 Å². The lowest BCUT2D eigenvalue weighted by Crippen LogP contribution is -2.14. The molecule has 0 aliphatic carbocycles. The van der Waals surface area contributed by atoms with Gasteiger partial charge in [-0.05, 0) is 43.7 Å². The van der Waals surface area contributed by atoms with Crippen LogP contribution in [0.5, 0.6) is 0 Å². The summed E-state index contributed by atoms with van der Waals surface area (Å²) in [5.41, 5.74) is 3.96. The summed E-state index contributed by atoms with van der Waals surface area (Å²) in [5, 5.41) is 4.48. The first kappa shape index (κ1) is 18.8. The Kier molecular flexibility index (Phi) is 5.91. The van der Waals surface area contributed by atoms with Crippen LogP contribution in [-0.2, 0) is 4.79 Å². The topological polar surface area (TPSA) is 46.9 Å². The minimum absolute atomic E-state index is 0.158. The van der Waals surface area contributed by atoms with E-state index < -0.39 is 0 Å². The molecule has 0 aliphatic rings. The molecular weight excluding hydrogens is 389 g/mol. The maximum Gasteiger partial charge on any atom is 0.234 e. The largest absolute Gasteiger partial charge is 0.324 e. The number of aromatic nitrogens is 2. The highest BCUT2D eigenvalue weighted by atomic mass is 35.5. The number of hydrogen-bond acceptors (Lipinski definition) is 3. The van der Waals surface area contributed by atoms with Crippen molar-refractivity contribution in [3.8, 4) is 5.69 Å². The molecule has 0 saturated heterocycles. The van der Waals surface area contributed by atoms with Crippen LogP contribution in [-0.4, -0.2) is 21.2 Å². The van der Waals surface area contributed by atoms with Crippen molar-refractivity contribution < 1.29 is 4.79 Å². The van der Waals surface area contributed by atoms with E-state index in [1.54, 1.807) is 24.4 Å². The maximum atomic E-state index is 12.2. The van der Waals surface area contributed by atoms with Crippen molar-refractivity contribution in [3.05, 3.63) is 70.0 Å². The average Bonchev–Trinajstić information content (AvgIpc) is 3.04. The highest BCUT2D eigenvalue weighted by molar-refractivity contribution is 7.99. The standard InChI is InChI=1S/C19H17Cl2N3OS/c1-12-3-6-17(13(2)9-12)24-8-7-22-19(24)26-11-18(25)23-16-5-4-14(20)10-15(16)21/h3-10H,11H2,1-2H3,(H,23,25). The van der Waals surface area contributed by atoms with Crippen molar-refractivity contribution >= 4 is 46.6 Å². The molecule has 4 nitrogen and oxygen atoms in total. The fourth-order valence-corrected chi connectivity index (χ4v) is 3.78. The zero-order valence-electron chi connectivity index (χ0n) is 14.3. The Balaban J connectivity index is 1.69. The molecule has 3 aromatic rings. The molecule has 134 valence electrons. The molecule has 0 aliphatic heterocycles. The van der Waals surface area contributed by atoms with Gasteiger partial charge in [0.2, 0.25) is 5.91 Å². The molecule has 0 spiro atoms. The van der Waals surface area contributed by atoms with Crippen molar-refractivity contribution in [2.75, 3.05) is 11.1 Å². The van der Waals surface area contributed by atoms with Gasteiger partial charge in [-0.2, -0.15) is 0 Å². The fourth-order valence-electron chi connectivity index (χ4n) is 2.56. The van der Waals surface area contributed by atoms with Crippen LogP contribution in [0, 0.1) is 13.8 Å². The van der Waals surface area contributed by atoms with Crippen molar-refractivity contribution in [1.82, 2.24) is 9.55 Å². The van der Waals surface area contributed by atoms with Crippen molar-refractivity contribution in [3.63, 3.8) is 0 Å². The highest BCUT2D eigenvalue weighted by Crippen LogP contribution is 2.27. The van der Waals surface area contributed by atoms with Crippen molar-refractivity contribution in [2.45, 2.75) is 19.0 Å². The van der Waals surface area contributed by atoms with E-state index in [0.717, 1.165) is 16.4 Å². The normalized spacial score (nSPS) is 10.8. The van der Waals surface area contributed by atoms with Gasteiger partial charge in [-0.3, -0.25) is 9.36 Å². The first-order chi connectivity index (χ1) is 12.4. The molecule has 0 fully saturated rings. The number of aryl methyl sites for hydroxylation is 2. The van der Waals surface area contributed by atoms with Crippen LogP contribution in [0.2, 0.25) is 10.0 Å². The highest BCUT2D eigenvalue weighted by Gasteiger charge is 2.12. The third-order valence-corrected chi connectivity index (χ3v) is 5.27. The van der Waals surface area contributed by atoms with Gasteiger partial charge in [0, 0.05) is 17.4 Å². The number of rotatable bonds is 5. The third-order valence-electron chi connectivity index (χ3n) is 3.76. The van der Waals surface area contributed by atoms with Crippen LogP contribution in [0.25, 0.3) is 5.69 Å². The second-order valence-electron chi connectivity index (χ2n) is 5.83. The number of benzene rings is 2. The number of imidazole rings is 1. The Morgan fingerprint density at radius 3 is 2.73 bits per heavy atom. The van der Waals surface area contributed by atoms with E-state index in [1.165, 1.54) is 17.3 Å². The lowest BCUT2D eigenvalue weighted by atomic mass is 10.1. The minimum atomic E-state index is -0.158. The van der Waals surface area contributed by atoms with E-state index in [1.807, 2.05) is 10.8 Å². The molecule has 0 bridgehead atoms. The molecule has 1 heterocycles. The van der Waals surface area contributed by atoms with Gasteiger partial charge < -0.3 is 5.32 Å². The van der Waals surface area contributed by atoms with Gasteiger partial charge in [0.15, 0.2) is 5.16 Å². The zero-order valence-corrected chi connectivity index (χ0v) is 16.6. The van der Waals surface area contributed by atoms with E-state index in [4.69, 9.17) is 23.2 Å². The third kappa shape index (κ3) is 4.41. The molecular formula is C19H17Cl2N3OS. The van der Waals surface area contributed by atoms with Gasteiger partial charge in [-0.1, -0.05) is 52.7 Å². The van der Waals surface area contributed by atoms with Crippen LogP contribution in [0.3, 0.4) is 0 Å². The smallest absolute Gasteiger partial charge is 0.234 e. The second kappa shape index (κ2) is 8.16. The molecule has 0 atom stereocenters. The minimum Gasteiger partial charge on any atom is -0.324 e. The van der Waals surface area contributed by atoms with Gasteiger partial charge in [0.05, 0.1) is 22.2 Å². The molecule has 0 saturated carbocycles. The van der Waals surface area contributed by atoms with Gasteiger partial charge in [0.25, 0.3) is 0 Å². The van der Waals surface area contributed by atoms with Gasteiger partial charge in [0.1, 0.15) is 0 Å². The average molecular weight is 406 g/mol. The maximum absolute atomic E-state index is 12.2. The zero-order chi connectivity index (χ0) is 18.7. The van der Waals surface area contributed by atoms with Gasteiger partial charge >= 0.3 is 0 Å². The van der Waals surface area contributed by atoms with Crippen LogP contribution in [0.15, 0.2) is 53.9 Å². The van der Waals surface area contributed by atoms with E-state index in [9.17, 15) is 4.79 Å². The fraction of sp³-hybridized carbons (Fsp3) is 0.158. The lowest BCUT2D eigenvalue weighted by Gasteiger charge is -2.11. The number of halogens is 2. The number of carbonyl (C=O) groups is 1. The number of nitrogens with one attached hydrogen (secondary N) is 1. The molecule has 1 aromatic heterocycles. The molecule has 1 amide bonds. The Bertz CT molecular complexity index is 956. The van der Waals surface area contributed by atoms with E-state index in [2.05, 4.69) is 42.3 Å². The van der Waals surface area contributed by atoms with Crippen LogP contribution in [0.4, 0.5) is 5.69 Å². The first-order valence-corrected chi connectivity index (χ1v) is 9.67. The lowest BCUT2D eigenvalue weighted by molar-refractivity contribution is -0.113. The molecule has 3 rings (SSSR count). The summed E-state index contributed by atoms with van der Waals surface area (Å²) >= 11 is 13.3. The Morgan fingerprint density at radius 2 is 2.00 bits per heavy atom. The van der Waals surface area contributed by atoms with Gasteiger partial charge in [-0.15, -0.1) is 0 Å². The predicted molar refractivity (Wildman–Crippen MR) is 109 cm³/mol. The Hall–Kier alpha value is -1.95. The summed E-state index contributed by atoms with van der Waals surface area (Å²) in [6.45, 7) is 4.12. The summed E-state index contributed by atoms with van der Waals surface area (Å²) in [5.74, 6) is 0.0651. The van der Waals surface area contributed by atoms with Crippen LogP contribution in [0.1, 0.15) is 11.1 Å². The molecule has 0 radical (unpaired) electrons. The quantitative estimate of drug-likeness (QED) is 0.567. The summed E-state index contributed by atoms with van der Waals surface area (Å²) < 4.78 is 1.99. The van der Waals surface area contributed by atoms with Crippen molar-refractivity contribution in [2.24, 2.45) is 0 Å². The molecule has 0 unspecified atom stereocenters.